The van der Waals surface area contributed by atoms with Gasteiger partial charge in [-0.1, -0.05) is 11.6 Å². The number of methoxy groups -OCH3 is 1. The summed E-state index contributed by atoms with van der Waals surface area (Å²) in [7, 11) is 2.85. The molecule has 1 saturated carbocycles. The zero-order chi connectivity index (χ0) is 28.0. The molecule has 1 N–H and O–H groups in total. The molecule has 4 amide bonds. The highest BCUT2D eigenvalue weighted by Crippen LogP contribution is 2.66. The van der Waals surface area contributed by atoms with Crippen molar-refractivity contribution in [3.63, 3.8) is 0 Å². The third-order valence-corrected chi connectivity index (χ3v) is 10.1. The number of imide groups is 2. The maximum atomic E-state index is 14.2. The molecule has 2 aliphatic carbocycles. The quantitative estimate of drug-likeness (QED) is 0.341. The van der Waals surface area contributed by atoms with E-state index >= 15 is 0 Å². The molecular weight excluding hydrogens is 550 g/mol. The number of phenolic OH excluding ortho intramolecular Hbond substituents is 1. The van der Waals surface area contributed by atoms with E-state index < -0.39 is 57.0 Å². The summed E-state index contributed by atoms with van der Waals surface area (Å²) in [4.78, 5) is 52.1. The molecule has 0 spiro atoms. The van der Waals surface area contributed by atoms with Crippen molar-refractivity contribution in [1.82, 2.24) is 4.90 Å². The van der Waals surface area contributed by atoms with Crippen molar-refractivity contribution in [3.8, 4) is 11.5 Å². The summed E-state index contributed by atoms with van der Waals surface area (Å²) in [6, 6.07) is 9.20. The molecule has 4 aliphatic rings. The van der Waals surface area contributed by atoms with Crippen LogP contribution in [0.5, 0.6) is 11.5 Å². The van der Waals surface area contributed by atoms with Crippen molar-refractivity contribution in [2.24, 2.45) is 17.8 Å². The molecule has 0 aromatic heterocycles. The van der Waals surface area contributed by atoms with Gasteiger partial charge in [-0.2, -0.15) is 0 Å². The van der Waals surface area contributed by atoms with Crippen molar-refractivity contribution < 1.29 is 33.4 Å². The van der Waals surface area contributed by atoms with Gasteiger partial charge in [0.15, 0.2) is 9.75 Å². The molecule has 39 heavy (non-hydrogen) atoms. The van der Waals surface area contributed by atoms with Crippen LogP contribution in [0.4, 0.5) is 10.1 Å². The van der Waals surface area contributed by atoms with Crippen molar-refractivity contribution in [2.75, 3.05) is 19.1 Å². The number of hydrogen-bond donors (Lipinski definition) is 1. The Bertz CT molecular complexity index is 1500. The van der Waals surface area contributed by atoms with Crippen molar-refractivity contribution in [2.45, 2.75) is 28.5 Å². The lowest BCUT2D eigenvalue weighted by Crippen LogP contribution is -2.60. The van der Waals surface area contributed by atoms with Gasteiger partial charge in [0.2, 0.25) is 11.8 Å². The minimum absolute atomic E-state index is 0.0798. The number of carbonyl (C=O) groups is 4. The Morgan fingerprint density at radius 3 is 2.36 bits per heavy atom. The maximum absolute atomic E-state index is 14.2. The van der Waals surface area contributed by atoms with Gasteiger partial charge in [-0.05, 0) is 61.2 Å². The van der Waals surface area contributed by atoms with Gasteiger partial charge in [-0.3, -0.25) is 24.1 Å². The molecular formula is C28H23Cl2FN2O6. The van der Waals surface area contributed by atoms with Crippen LogP contribution in [0.3, 0.4) is 0 Å². The van der Waals surface area contributed by atoms with Crippen LogP contribution in [-0.2, 0) is 19.2 Å². The third kappa shape index (κ3) is 3.23. The smallest absolute Gasteiger partial charge is 0.258 e. The number of nitrogens with zero attached hydrogens (tertiary/aromatic N) is 2. The van der Waals surface area contributed by atoms with Crippen LogP contribution in [0.1, 0.15) is 24.3 Å². The van der Waals surface area contributed by atoms with E-state index in [4.69, 9.17) is 27.9 Å². The second-order valence-electron chi connectivity index (χ2n) is 10.4. The predicted octanol–water partition coefficient (Wildman–Crippen LogP) is 3.73. The molecule has 2 heterocycles. The highest BCUT2D eigenvalue weighted by molar-refractivity contribution is 6.58. The monoisotopic (exact) mass is 572 g/mol. The van der Waals surface area contributed by atoms with Crippen molar-refractivity contribution in [3.05, 3.63) is 65.5 Å². The minimum Gasteiger partial charge on any atom is -0.508 e. The van der Waals surface area contributed by atoms with E-state index in [1.54, 1.807) is 6.08 Å². The Labute approximate surface area is 232 Å². The van der Waals surface area contributed by atoms with Crippen molar-refractivity contribution in [1.29, 1.82) is 0 Å². The maximum Gasteiger partial charge on any atom is 0.258 e. The summed E-state index contributed by atoms with van der Waals surface area (Å²) in [5.74, 6) is -6.11. The second-order valence-corrected chi connectivity index (χ2v) is 11.7. The van der Waals surface area contributed by atoms with E-state index in [1.165, 1.54) is 44.5 Å². The van der Waals surface area contributed by atoms with Gasteiger partial charge >= 0.3 is 0 Å². The molecule has 8 nitrogen and oxygen atoms in total. The number of phenols is 1. The average Bonchev–Trinajstić information content (AvgIpc) is 3.23. The zero-order valence-corrected chi connectivity index (χ0v) is 22.4. The molecule has 202 valence electrons. The van der Waals surface area contributed by atoms with Crippen LogP contribution in [-0.4, -0.2) is 57.5 Å². The Morgan fingerprint density at radius 1 is 1.00 bits per heavy atom. The van der Waals surface area contributed by atoms with E-state index in [1.807, 2.05) is 0 Å². The minimum atomic E-state index is -2.13. The largest absolute Gasteiger partial charge is 0.508 e. The second kappa shape index (κ2) is 8.53. The number of benzene rings is 2. The number of ether oxygens (including phenoxy) is 1. The summed E-state index contributed by atoms with van der Waals surface area (Å²) < 4.78 is 19.0. The van der Waals surface area contributed by atoms with Gasteiger partial charge in [0, 0.05) is 18.5 Å². The highest BCUT2D eigenvalue weighted by atomic mass is 35.5. The summed E-state index contributed by atoms with van der Waals surface area (Å²) in [6.45, 7) is 0. The molecule has 2 aromatic rings. The van der Waals surface area contributed by atoms with E-state index in [0.717, 1.165) is 21.9 Å². The van der Waals surface area contributed by atoms with Gasteiger partial charge in [-0.25, -0.2) is 9.29 Å². The van der Waals surface area contributed by atoms with E-state index in [2.05, 4.69) is 0 Å². The summed E-state index contributed by atoms with van der Waals surface area (Å²) in [5.41, 5.74) is 0.816. The normalized spacial score (nSPS) is 33.6. The zero-order valence-electron chi connectivity index (χ0n) is 20.9. The number of aromatic hydroxyl groups is 1. The molecule has 3 fully saturated rings. The van der Waals surface area contributed by atoms with Gasteiger partial charge in [0.25, 0.3) is 11.8 Å². The molecule has 2 aliphatic heterocycles. The molecule has 2 aromatic carbocycles. The van der Waals surface area contributed by atoms with Crippen molar-refractivity contribution >= 4 is 52.5 Å². The number of halogens is 3. The lowest BCUT2D eigenvalue weighted by Gasteiger charge is -2.50. The van der Waals surface area contributed by atoms with Gasteiger partial charge in [-0.15, -0.1) is 23.2 Å². The number of allylic oxidation sites excluding steroid dienone is 2. The highest BCUT2D eigenvalue weighted by Gasteiger charge is 2.76. The molecule has 6 rings (SSSR count). The van der Waals surface area contributed by atoms with E-state index in [-0.39, 0.29) is 35.7 Å². The number of likely N-dealkylation sites (tertiary alicyclic amines) is 1. The molecule has 2 saturated heterocycles. The number of alkyl halides is 2. The SMILES string of the molecule is COc1ccc(O)c([C@H]2C3=CC[C@@H]4C(=O)N(C)C(=O)[C@@H]4[C@@H]3C[C@@]3(Cl)C(=O)N(c4ccc(F)cc4)C(=O)[C@@]23Cl)c1. The Balaban J connectivity index is 1.60. The Kier molecular flexibility index (Phi) is 5.65. The first kappa shape index (κ1) is 25.8. The van der Waals surface area contributed by atoms with Crippen LogP contribution in [0, 0.1) is 23.6 Å². The Morgan fingerprint density at radius 2 is 1.69 bits per heavy atom. The summed E-state index contributed by atoms with van der Waals surface area (Å²) in [5, 5.41) is 11.0. The standard InChI is InChI=1S/C28H23Cl2FN2O6/c1-32-23(35)17-9-8-16-19(21(17)24(32)36)12-27(29)25(37)33(14-5-3-13(31)4-6-14)26(38)28(27,30)22(16)18-11-15(39-2)7-10-20(18)34/h3-8,10-11,17,19,21-22,34H,9,12H2,1-2H3/t17-,19+,21-,22+,27+,28-/m0/s1. The fraction of sp³-hybridized carbons (Fsp3) is 0.357. The first-order valence-corrected chi connectivity index (χ1v) is 13.1. The molecule has 0 radical (unpaired) electrons. The Hall–Kier alpha value is -3.43. The lowest BCUT2D eigenvalue weighted by atomic mass is 9.56. The van der Waals surface area contributed by atoms with Crippen LogP contribution in [0.2, 0.25) is 0 Å². The fourth-order valence-electron chi connectivity index (χ4n) is 6.79. The summed E-state index contributed by atoms with van der Waals surface area (Å²) >= 11 is 14.5. The number of anilines is 1. The van der Waals surface area contributed by atoms with Gasteiger partial charge < -0.3 is 9.84 Å². The van der Waals surface area contributed by atoms with Crippen LogP contribution in [0.25, 0.3) is 0 Å². The number of amides is 4. The van der Waals surface area contributed by atoms with Gasteiger partial charge in [0.1, 0.15) is 17.3 Å². The topological polar surface area (TPSA) is 104 Å². The number of fused-ring (bicyclic) bond motifs is 4. The molecule has 0 unspecified atom stereocenters. The van der Waals surface area contributed by atoms with E-state index in [0.29, 0.717) is 11.3 Å². The number of hydrogen-bond acceptors (Lipinski definition) is 6. The number of rotatable bonds is 3. The van der Waals surface area contributed by atoms with Crippen LogP contribution >= 0.6 is 23.2 Å². The lowest BCUT2D eigenvalue weighted by molar-refractivity contribution is -0.138. The van der Waals surface area contributed by atoms with Crippen LogP contribution < -0.4 is 9.64 Å². The first-order valence-electron chi connectivity index (χ1n) is 12.4. The van der Waals surface area contributed by atoms with E-state index in [9.17, 15) is 28.7 Å². The van der Waals surface area contributed by atoms with Gasteiger partial charge in [0.05, 0.1) is 24.6 Å². The van der Waals surface area contributed by atoms with Crippen LogP contribution in [0.15, 0.2) is 54.1 Å². The summed E-state index contributed by atoms with van der Waals surface area (Å²) in [6.07, 6.45) is 1.80. The molecule has 0 bridgehead atoms. The molecule has 11 heteroatoms. The number of carbonyl (C=O) groups excluding carboxylic acids is 4. The third-order valence-electron chi connectivity index (χ3n) is 8.66. The molecule has 6 atom stereocenters. The average molecular weight is 573 g/mol. The predicted molar refractivity (Wildman–Crippen MR) is 139 cm³/mol. The fourth-order valence-corrected chi connectivity index (χ4v) is 7.72. The first-order chi connectivity index (χ1) is 18.5.